The van der Waals surface area contributed by atoms with Gasteiger partial charge in [-0.05, 0) is 18.6 Å². The van der Waals surface area contributed by atoms with E-state index >= 15 is 0 Å². The molecule has 4 heteroatoms. The molecule has 78 valence electrons. The van der Waals surface area contributed by atoms with Crippen LogP contribution in [0.15, 0.2) is 23.6 Å². The Labute approximate surface area is 91.6 Å². The summed E-state index contributed by atoms with van der Waals surface area (Å²) in [6, 6.07) is 5.13. The summed E-state index contributed by atoms with van der Waals surface area (Å²) < 4.78 is 13.3. The van der Waals surface area contributed by atoms with Crippen LogP contribution in [-0.4, -0.2) is 4.98 Å². The number of aryl methyl sites for hydroxylation is 1. The summed E-state index contributed by atoms with van der Waals surface area (Å²) in [5.74, 6) is -0.199. The molecule has 15 heavy (non-hydrogen) atoms. The van der Waals surface area contributed by atoms with Crippen molar-refractivity contribution in [3.05, 3.63) is 40.0 Å². The van der Waals surface area contributed by atoms with E-state index in [2.05, 4.69) is 4.98 Å². The molecular formula is C11H11FN2S. The molecule has 0 aliphatic carbocycles. The van der Waals surface area contributed by atoms with E-state index in [1.54, 1.807) is 13.0 Å². The maximum atomic E-state index is 13.3. The molecule has 0 aliphatic rings. The average molecular weight is 222 g/mol. The number of aromatic nitrogens is 1. The zero-order chi connectivity index (χ0) is 10.8. The van der Waals surface area contributed by atoms with Crippen LogP contribution >= 0.6 is 11.3 Å². The molecule has 2 rings (SSSR count). The molecule has 0 aliphatic heterocycles. The fraction of sp³-hybridized carbons (Fsp3) is 0.182. The Morgan fingerprint density at radius 2 is 2.27 bits per heavy atom. The largest absolute Gasteiger partial charge is 0.325 e. The number of nitrogens with zero attached hydrogens (tertiary/aromatic N) is 1. The van der Waals surface area contributed by atoms with Gasteiger partial charge in [-0.1, -0.05) is 12.1 Å². The molecule has 0 fully saturated rings. The summed E-state index contributed by atoms with van der Waals surface area (Å²) in [6.07, 6.45) is 0. The van der Waals surface area contributed by atoms with Gasteiger partial charge in [0.2, 0.25) is 0 Å². The molecule has 0 saturated carbocycles. The molecule has 1 aromatic heterocycles. The van der Waals surface area contributed by atoms with Crippen LogP contribution < -0.4 is 5.73 Å². The lowest BCUT2D eigenvalue weighted by Gasteiger charge is -1.99. The van der Waals surface area contributed by atoms with Gasteiger partial charge in [-0.15, -0.1) is 11.3 Å². The molecule has 0 radical (unpaired) electrons. The maximum Gasteiger partial charge on any atom is 0.126 e. The minimum atomic E-state index is -0.199. The Balaban J connectivity index is 2.40. The Morgan fingerprint density at radius 1 is 1.47 bits per heavy atom. The smallest absolute Gasteiger partial charge is 0.126 e. The Kier molecular flexibility index (Phi) is 2.79. The Hall–Kier alpha value is -1.26. The number of hydrogen-bond donors (Lipinski definition) is 1. The predicted octanol–water partition coefficient (Wildman–Crippen LogP) is 2.72. The van der Waals surface area contributed by atoms with Gasteiger partial charge in [-0.25, -0.2) is 9.37 Å². The van der Waals surface area contributed by atoms with E-state index in [4.69, 9.17) is 5.73 Å². The lowest BCUT2D eigenvalue weighted by Crippen LogP contribution is -1.94. The molecule has 0 bridgehead atoms. The van der Waals surface area contributed by atoms with Crippen molar-refractivity contribution in [1.82, 2.24) is 4.98 Å². The first-order chi connectivity index (χ1) is 7.20. The van der Waals surface area contributed by atoms with Gasteiger partial charge in [-0.2, -0.15) is 0 Å². The van der Waals surface area contributed by atoms with Gasteiger partial charge in [0.15, 0.2) is 0 Å². The van der Waals surface area contributed by atoms with Crippen LogP contribution in [0.1, 0.15) is 10.6 Å². The monoisotopic (exact) mass is 222 g/mol. The number of nitrogens with two attached hydrogens (primary N) is 1. The number of thiazole rings is 1. The zero-order valence-corrected chi connectivity index (χ0v) is 9.14. The Morgan fingerprint density at radius 3 is 2.87 bits per heavy atom. The third kappa shape index (κ3) is 2.06. The van der Waals surface area contributed by atoms with Crippen molar-refractivity contribution in [2.45, 2.75) is 13.5 Å². The lowest BCUT2D eigenvalue weighted by molar-refractivity contribution is 0.619. The normalized spacial score (nSPS) is 10.6. The molecule has 2 N–H and O–H groups in total. The van der Waals surface area contributed by atoms with E-state index < -0.39 is 0 Å². The lowest BCUT2D eigenvalue weighted by atomic mass is 10.1. The number of hydrogen-bond acceptors (Lipinski definition) is 3. The predicted molar refractivity (Wildman–Crippen MR) is 60.1 cm³/mol. The van der Waals surface area contributed by atoms with E-state index in [9.17, 15) is 4.39 Å². The zero-order valence-electron chi connectivity index (χ0n) is 8.33. The summed E-state index contributed by atoms with van der Waals surface area (Å²) in [4.78, 5) is 4.30. The van der Waals surface area contributed by atoms with Crippen molar-refractivity contribution >= 4 is 11.3 Å². The first kappa shape index (κ1) is 10.3. The van der Waals surface area contributed by atoms with Crippen molar-refractivity contribution in [3.63, 3.8) is 0 Å². The molecule has 0 saturated heterocycles. The summed E-state index contributed by atoms with van der Waals surface area (Å²) in [6.45, 7) is 2.17. The second-order valence-corrected chi connectivity index (χ2v) is 4.24. The fourth-order valence-corrected chi connectivity index (χ4v) is 1.97. The highest BCUT2D eigenvalue weighted by Crippen LogP contribution is 2.23. The first-order valence-corrected chi connectivity index (χ1v) is 5.49. The highest BCUT2D eigenvalue weighted by molar-refractivity contribution is 7.09. The highest BCUT2D eigenvalue weighted by Gasteiger charge is 2.05. The molecule has 2 nitrogen and oxygen atoms in total. The van der Waals surface area contributed by atoms with Crippen molar-refractivity contribution in [2.75, 3.05) is 0 Å². The van der Waals surface area contributed by atoms with Gasteiger partial charge in [0.05, 0.1) is 5.69 Å². The van der Waals surface area contributed by atoms with Gasteiger partial charge in [-0.3, -0.25) is 0 Å². The van der Waals surface area contributed by atoms with Crippen molar-refractivity contribution in [1.29, 1.82) is 0 Å². The SMILES string of the molecule is Cc1ccc(-c2csc(CN)n2)cc1F. The molecule has 1 aromatic carbocycles. The highest BCUT2D eigenvalue weighted by atomic mass is 32.1. The minimum Gasteiger partial charge on any atom is -0.325 e. The molecule has 0 amide bonds. The maximum absolute atomic E-state index is 13.3. The number of rotatable bonds is 2. The summed E-state index contributed by atoms with van der Waals surface area (Å²) in [5.41, 5.74) is 7.71. The quantitative estimate of drug-likeness (QED) is 0.848. The van der Waals surface area contributed by atoms with Crippen LogP contribution in [0.5, 0.6) is 0 Å². The second kappa shape index (κ2) is 4.08. The summed E-state index contributed by atoms with van der Waals surface area (Å²) in [5, 5.41) is 2.76. The summed E-state index contributed by atoms with van der Waals surface area (Å²) >= 11 is 1.50. The topological polar surface area (TPSA) is 38.9 Å². The second-order valence-electron chi connectivity index (χ2n) is 3.29. The van der Waals surface area contributed by atoms with E-state index in [-0.39, 0.29) is 5.82 Å². The molecule has 2 aromatic rings. The van der Waals surface area contributed by atoms with Gasteiger partial charge < -0.3 is 5.73 Å². The van der Waals surface area contributed by atoms with Gasteiger partial charge >= 0.3 is 0 Å². The first-order valence-electron chi connectivity index (χ1n) is 4.61. The van der Waals surface area contributed by atoms with E-state index in [1.165, 1.54) is 17.4 Å². The van der Waals surface area contributed by atoms with Crippen LogP contribution in [-0.2, 0) is 6.54 Å². The van der Waals surface area contributed by atoms with Crippen molar-refractivity contribution < 1.29 is 4.39 Å². The molecule has 0 atom stereocenters. The molecule has 0 unspecified atom stereocenters. The molecule has 0 spiro atoms. The van der Waals surface area contributed by atoms with Crippen LogP contribution in [0.25, 0.3) is 11.3 Å². The third-order valence-electron chi connectivity index (χ3n) is 2.19. The Bertz CT molecular complexity index is 479. The van der Waals surface area contributed by atoms with Crippen LogP contribution in [0, 0.1) is 12.7 Å². The fourth-order valence-electron chi connectivity index (χ4n) is 1.29. The number of benzene rings is 1. The van der Waals surface area contributed by atoms with Crippen LogP contribution in [0.3, 0.4) is 0 Å². The summed E-state index contributed by atoms with van der Waals surface area (Å²) in [7, 11) is 0. The van der Waals surface area contributed by atoms with Gasteiger partial charge in [0, 0.05) is 17.5 Å². The van der Waals surface area contributed by atoms with Gasteiger partial charge in [0.25, 0.3) is 0 Å². The average Bonchev–Trinajstić information content (AvgIpc) is 2.70. The number of halogens is 1. The standard InChI is InChI=1S/C11H11FN2S/c1-7-2-3-8(4-9(7)12)10-6-15-11(5-13)14-10/h2-4,6H,5,13H2,1H3. The van der Waals surface area contributed by atoms with Crippen molar-refractivity contribution in [2.24, 2.45) is 5.73 Å². The van der Waals surface area contributed by atoms with E-state index in [0.717, 1.165) is 16.3 Å². The minimum absolute atomic E-state index is 0.199. The van der Waals surface area contributed by atoms with E-state index in [0.29, 0.717) is 12.1 Å². The van der Waals surface area contributed by atoms with Gasteiger partial charge in [0.1, 0.15) is 10.8 Å². The van der Waals surface area contributed by atoms with Crippen molar-refractivity contribution in [3.8, 4) is 11.3 Å². The molecule has 1 heterocycles. The van der Waals surface area contributed by atoms with Crippen LogP contribution in [0.2, 0.25) is 0 Å². The van der Waals surface area contributed by atoms with E-state index in [1.807, 2.05) is 11.4 Å². The third-order valence-corrected chi connectivity index (χ3v) is 3.07. The van der Waals surface area contributed by atoms with Crippen LogP contribution in [0.4, 0.5) is 4.39 Å². The molecular weight excluding hydrogens is 211 g/mol.